The first kappa shape index (κ1) is 12.3. The molecule has 0 bridgehead atoms. The zero-order valence-electron chi connectivity index (χ0n) is 9.53. The molecule has 1 aromatic heterocycles. The molecule has 0 saturated heterocycles. The van der Waals surface area contributed by atoms with Gasteiger partial charge in [-0.05, 0) is 19.4 Å². The van der Waals surface area contributed by atoms with Gasteiger partial charge in [-0.3, -0.25) is 0 Å². The van der Waals surface area contributed by atoms with E-state index < -0.39 is 5.97 Å². The number of hydrogen-bond acceptors (Lipinski definition) is 4. The van der Waals surface area contributed by atoms with E-state index in [1.807, 2.05) is 6.92 Å². The summed E-state index contributed by atoms with van der Waals surface area (Å²) in [5, 5.41) is 12.0. The van der Waals surface area contributed by atoms with Crippen molar-refractivity contribution in [3.8, 4) is 0 Å². The lowest BCUT2D eigenvalue weighted by atomic mass is 10.2. The Morgan fingerprint density at radius 2 is 2.38 bits per heavy atom. The molecule has 16 heavy (non-hydrogen) atoms. The summed E-state index contributed by atoms with van der Waals surface area (Å²) in [6, 6.07) is 1.73. The molecular formula is C11H17N3O2. The number of nitrogens with one attached hydrogen (secondary N) is 1. The minimum absolute atomic E-state index is 0.0844. The van der Waals surface area contributed by atoms with Crippen LogP contribution in [-0.4, -0.2) is 22.1 Å². The van der Waals surface area contributed by atoms with Crippen LogP contribution in [0.3, 0.4) is 0 Å². The normalized spacial score (nSPS) is 12.1. The van der Waals surface area contributed by atoms with E-state index in [0.717, 1.165) is 12.8 Å². The summed E-state index contributed by atoms with van der Waals surface area (Å²) in [5.41, 5.74) is 5.77. The first-order chi connectivity index (χ1) is 7.54. The largest absolute Gasteiger partial charge is 0.478 e. The molecule has 0 aromatic carbocycles. The molecule has 0 aliphatic heterocycles. The zero-order valence-corrected chi connectivity index (χ0v) is 9.53. The van der Waals surface area contributed by atoms with E-state index in [9.17, 15) is 4.79 Å². The fourth-order valence-corrected chi connectivity index (χ4v) is 1.49. The van der Waals surface area contributed by atoms with Crippen molar-refractivity contribution in [3.05, 3.63) is 17.8 Å². The van der Waals surface area contributed by atoms with Gasteiger partial charge in [-0.1, -0.05) is 13.3 Å². The van der Waals surface area contributed by atoms with Gasteiger partial charge in [0, 0.05) is 6.04 Å². The Labute approximate surface area is 94.7 Å². The predicted molar refractivity (Wildman–Crippen MR) is 63.6 cm³/mol. The van der Waals surface area contributed by atoms with E-state index in [1.54, 1.807) is 0 Å². The van der Waals surface area contributed by atoms with Crippen molar-refractivity contribution in [2.45, 2.75) is 32.7 Å². The summed E-state index contributed by atoms with van der Waals surface area (Å²) in [6.07, 6.45) is 3.44. The Morgan fingerprint density at radius 3 is 2.94 bits per heavy atom. The number of rotatable bonds is 5. The second kappa shape index (κ2) is 5.34. The number of carboxylic acid groups (broad SMARTS) is 1. The average molecular weight is 223 g/mol. The maximum atomic E-state index is 10.8. The highest BCUT2D eigenvalue weighted by atomic mass is 16.4. The quantitative estimate of drug-likeness (QED) is 0.710. The maximum absolute atomic E-state index is 10.8. The minimum Gasteiger partial charge on any atom is -0.478 e. The molecule has 0 amide bonds. The van der Waals surface area contributed by atoms with Crippen LogP contribution in [0.25, 0.3) is 0 Å². The Kier molecular flexibility index (Phi) is 4.10. The first-order valence-corrected chi connectivity index (χ1v) is 5.30. The van der Waals surface area contributed by atoms with Crippen molar-refractivity contribution >= 4 is 17.5 Å². The predicted octanol–water partition coefficient (Wildman–Crippen LogP) is 1.96. The van der Waals surface area contributed by atoms with Gasteiger partial charge >= 0.3 is 5.97 Å². The number of carboxylic acids is 1. The van der Waals surface area contributed by atoms with E-state index in [4.69, 9.17) is 10.8 Å². The van der Waals surface area contributed by atoms with Crippen molar-refractivity contribution in [2.75, 3.05) is 11.1 Å². The molecular weight excluding hydrogens is 206 g/mol. The monoisotopic (exact) mass is 223 g/mol. The third-order valence-corrected chi connectivity index (χ3v) is 2.28. The Hall–Kier alpha value is -1.78. The summed E-state index contributed by atoms with van der Waals surface area (Å²) in [7, 11) is 0. The van der Waals surface area contributed by atoms with Crippen molar-refractivity contribution in [1.29, 1.82) is 0 Å². The van der Waals surface area contributed by atoms with Gasteiger partial charge in [-0.25, -0.2) is 9.78 Å². The number of nitrogens with zero attached hydrogens (tertiary/aromatic N) is 1. The molecule has 4 N–H and O–H groups in total. The molecule has 5 heteroatoms. The Bertz CT molecular complexity index is 379. The van der Waals surface area contributed by atoms with Crippen LogP contribution in [0.4, 0.5) is 11.5 Å². The van der Waals surface area contributed by atoms with E-state index >= 15 is 0 Å². The van der Waals surface area contributed by atoms with Gasteiger partial charge in [-0.2, -0.15) is 0 Å². The molecule has 0 radical (unpaired) electrons. The van der Waals surface area contributed by atoms with Crippen LogP contribution in [0.2, 0.25) is 0 Å². The second-order valence-electron chi connectivity index (χ2n) is 3.80. The van der Waals surface area contributed by atoms with Crippen LogP contribution in [0.1, 0.15) is 37.0 Å². The number of nitrogens with two attached hydrogens (primary N) is 1. The number of anilines is 2. The molecule has 88 valence electrons. The summed E-state index contributed by atoms with van der Waals surface area (Å²) in [5.74, 6) is -0.487. The van der Waals surface area contributed by atoms with Gasteiger partial charge in [0.05, 0.1) is 17.4 Å². The number of carbonyl (C=O) groups is 1. The number of pyridine rings is 1. The SMILES string of the molecule is CCCC(C)Nc1cc(C(=O)O)c(N)cn1. The summed E-state index contributed by atoms with van der Waals surface area (Å²) in [6.45, 7) is 4.12. The van der Waals surface area contributed by atoms with Crippen LogP contribution in [0.5, 0.6) is 0 Å². The highest BCUT2D eigenvalue weighted by Gasteiger charge is 2.10. The Morgan fingerprint density at radius 1 is 1.69 bits per heavy atom. The molecule has 0 aliphatic rings. The molecule has 0 saturated carbocycles. The molecule has 1 unspecified atom stereocenters. The smallest absolute Gasteiger partial charge is 0.337 e. The average Bonchev–Trinajstić information content (AvgIpc) is 2.21. The fourth-order valence-electron chi connectivity index (χ4n) is 1.49. The van der Waals surface area contributed by atoms with Crippen molar-refractivity contribution in [1.82, 2.24) is 4.98 Å². The van der Waals surface area contributed by atoms with E-state index in [-0.39, 0.29) is 17.3 Å². The van der Waals surface area contributed by atoms with Gasteiger partial charge in [0.1, 0.15) is 5.82 Å². The van der Waals surface area contributed by atoms with Crippen molar-refractivity contribution in [3.63, 3.8) is 0 Å². The van der Waals surface area contributed by atoms with E-state index in [2.05, 4.69) is 17.2 Å². The van der Waals surface area contributed by atoms with Crippen LogP contribution >= 0.6 is 0 Å². The standard InChI is InChI=1S/C11H17N3O2/c1-3-4-7(2)14-10-5-8(11(15)16)9(12)6-13-10/h5-7H,3-4,12H2,1-2H3,(H,13,14)(H,15,16). The second-order valence-corrected chi connectivity index (χ2v) is 3.80. The van der Waals surface area contributed by atoms with Crippen LogP contribution < -0.4 is 11.1 Å². The van der Waals surface area contributed by atoms with Crippen molar-refractivity contribution in [2.24, 2.45) is 0 Å². The van der Waals surface area contributed by atoms with Gasteiger partial charge in [0.25, 0.3) is 0 Å². The third-order valence-electron chi connectivity index (χ3n) is 2.28. The van der Waals surface area contributed by atoms with Gasteiger partial charge in [-0.15, -0.1) is 0 Å². The molecule has 1 atom stereocenters. The summed E-state index contributed by atoms with van der Waals surface area (Å²) in [4.78, 5) is 14.9. The molecule has 1 rings (SSSR count). The lowest BCUT2D eigenvalue weighted by molar-refractivity contribution is 0.0698. The lowest BCUT2D eigenvalue weighted by Gasteiger charge is -2.14. The zero-order chi connectivity index (χ0) is 12.1. The number of aromatic carboxylic acids is 1. The van der Waals surface area contributed by atoms with Crippen molar-refractivity contribution < 1.29 is 9.90 Å². The molecule has 0 spiro atoms. The highest BCUT2D eigenvalue weighted by Crippen LogP contribution is 2.16. The van der Waals surface area contributed by atoms with E-state index in [1.165, 1.54) is 12.3 Å². The molecule has 0 aliphatic carbocycles. The lowest BCUT2D eigenvalue weighted by Crippen LogP contribution is -2.16. The van der Waals surface area contributed by atoms with Gasteiger partial charge in [0.15, 0.2) is 0 Å². The highest BCUT2D eigenvalue weighted by molar-refractivity contribution is 5.94. The molecule has 1 heterocycles. The van der Waals surface area contributed by atoms with Gasteiger partial charge in [0.2, 0.25) is 0 Å². The first-order valence-electron chi connectivity index (χ1n) is 5.30. The molecule has 0 fully saturated rings. The Balaban J connectivity index is 2.82. The molecule has 5 nitrogen and oxygen atoms in total. The summed E-state index contributed by atoms with van der Waals surface area (Å²) >= 11 is 0. The van der Waals surface area contributed by atoms with Crippen LogP contribution in [0, 0.1) is 0 Å². The number of aromatic nitrogens is 1. The minimum atomic E-state index is -1.04. The fraction of sp³-hybridized carbons (Fsp3) is 0.455. The van der Waals surface area contributed by atoms with E-state index in [0.29, 0.717) is 5.82 Å². The number of hydrogen-bond donors (Lipinski definition) is 3. The topological polar surface area (TPSA) is 88.2 Å². The van der Waals surface area contributed by atoms with Gasteiger partial charge < -0.3 is 16.2 Å². The number of nitrogen functional groups attached to an aromatic ring is 1. The van der Waals surface area contributed by atoms with Crippen LogP contribution in [0.15, 0.2) is 12.3 Å². The molecule has 1 aromatic rings. The maximum Gasteiger partial charge on any atom is 0.337 e. The third kappa shape index (κ3) is 3.12. The summed E-state index contributed by atoms with van der Waals surface area (Å²) < 4.78 is 0. The van der Waals surface area contributed by atoms with Crippen LogP contribution in [-0.2, 0) is 0 Å².